The minimum Gasteiger partial charge on any atom is -0.506 e. The predicted molar refractivity (Wildman–Crippen MR) is 72.9 cm³/mol. The molecule has 2 aromatic rings. The molecule has 0 amide bonds. The second-order valence-corrected chi connectivity index (χ2v) is 5.27. The summed E-state index contributed by atoms with van der Waals surface area (Å²) in [6.45, 7) is 5.34. The van der Waals surface area contributed by atoms with Crippen molar-refractivity contribution in [2.75, 3.05) is 6.54 Å². The standard InChI is InChI=1S/C13H17N3OS/c1-9-3-4-13(17)12(15-9)7-14-6-5-11-8-18-10(2)16-11/h3-4,8,14,17H,5-7H2,1-2H3. The Morgan fingerprint density at radius 2 is 2.11 bits per heavy atom. The molecule has 0 unspecified atom stereocenters. The molecule has 18 heavy (non-hydrogen) atoms. The zero-order valence-electron chi connectivity index (χ0n) is 10.6. The molecule has 0 aliphatic rings. The Morgan fingerprint density at radius 1 is 1.28 bits per heavy atom. The number of nitrogens with one attached hydrogen (secondary N) is 1. The van der Waals surface area contributed by atoms with Crippen molar-refractivity contribution in [3.63, 3.8) is 0 Å². The summed E-state index contributed by atoms with van der Waals surface area (Å²) in [5.41, 5.74) is 2.73. The summed E-state index contributed by atoms with van der Waals surface area (Å²) < 4.78 is 0. The first-order valence-electron chi connectivity index (χ1n) is 5.92. The Morgan fingerprint density at radius 3 is 2.83 bits per heavy atom. The van der Waals surface area contributed by atoms with Gasteiger partial charge in [-0.15, -0.1) is 11.3 Å². The SMILES string of the molecule is Cc1ccc(O)c(CNCCc2csc(C)n2)n1. The van der Waals surface area contributed by atoms with Crippen molar-refractivity contribution >= 4 is 11.3 Å². The topological polar surface area (TPSA) is 58.0 Å². The summed E-state index contributed by atoms with van der Waals surface area (Å²) in [6, 6.07) is 3.49. The molecule has 2 heterocycles. The average Bonchev–Trinajstić information content (AvgIpc) is 2.75. The molecule has 0 bridgehead atoms. The third-order valence-electron chi connectivity index (χ3n) is 2.61. The maximum Gasteiger partial charge on any atom is 0.138 e. The van der Waals surface area contributed by atoms with E-state index in [1.807, 2.05) is 13.8 Å². The van der Waals surface area contributed by atoms with Crippen LogP contribution in [0.5, 0.6) is 5.75 Å². The molecular weight excluding hydrogens is 246 g/mol. The van der Waals surface area contributed by atoms with Gasteiger partial charge in [0, 0.05) is 30.6 Å². The zero-order valence-corrected chi connectivity index (χ0v) is 11.4. The van der Waals surface area contributed by atoms with Crippen LogP contribution in [0.1, 0.15) is 22.1 Å². The van der Waals surface area contributed by atoms with Crippen LogP contribution < -0.4 is 5.32 Å². The van der Waals surface area contributed by atoms with Crippen molar-refractivity contribution in [2.24, 2.45) is 0 Å². The van der Waals surface area contributed by atoms with Gasteiger partial charge in [0.15, 0.2) is 0 Å². The lowest BCUT2D eigenvalue weighted by atomic mass is 10.2. The lowest BCUT2D eigenvalue weighted by Gasteiger charge is -2.06. The number of rotatable bonds is 5. The van der Waals surface area contributed by atoms with Gasteiger partial charge in [-0.3, -0.25) is 4.98 Å². The maximum absolute atomic E-state index is 9.64. The van der Waals surface area contributed by atoms with Gasteiger partial charge in [-0.1, -0.05) is 0 Å². The van der Waals surface area contributed by atoms with E-state index in [9.17, 15) is 5.11 Å². The second kappa shape index (κ2) is 5.93. The quantitative estimate of drug-likeness (QED) is 0.812. The van der Waals surface area contributed by atoms with Crippen LogP contribution in [0.4, 0.5) is 0 Å². The lowest BCUT2D eigenvalue weighted by molar-refractivity contribution is 0.459. The van der Waals surface area contributed by atoms with Gasteiger partial charge < -0.3 is 10.4 Å². The smallest absolute Gasteiger partial charge is 0.138 e. The molecule has 96 valence electrons. The van der Waals surface area contributed by atoms with Crippen molar-refractivity contribution in [1.82, 2.24) is 15.3 Å². The van der Waals surface area contributed by atoms with Crippen molar-refractivity contribution < 1.29 is 5.11 Å². The second-order valence-electron chi connectivity index (χ2n) is 4.20. The van der Waals surface area contributed by atoms with E-state index in [2.05, 4.69) is 20.7 Å². The third kappa shape index (κ3) is 3.51. The first kappa shape index (κ1) is 13.0. The van der Waals surface area contributed by atoms with Gasteiger partial charge in [0.25, 0.3) is 0 Å². The van der Waals surface area contributed by atoms with Crippen LogP contribution in [0.25, 0.3) is 0 Å². The highest BCUT2D eigenvalue weighted by atomic mass is 32.1. The number of nitrogens with zero attached hydrogens (tertiary/aromatic N) is 2. The summed E-state index contributed by atoms with van der Waals surface area (Å²) in [7, 11) is 0. The van der Waals surface area contributed by atoms with Crippen molar-refractivity contribution in [2.45, 2.75) is 26.8 Å². The van der Waals surface area contributed by atoms with Crippen LogP contribution in [0.3, 0.4) is 0 Å². The Hall–Kier alpha value is -1.46. The van der Waals surface area contributed by atoms with Crippen LogP contribution >= 0.6 is 11.3 Å². The molecule has 0 atom stereocenters. The molecule has 2 N–H and O–H groups in total. The fraction of sp³-hybridized carbons (Fsp3) is 0.385. The Labute approximate surface area is 111 Å². The van der Waals surface area contributed by atoms with Crippen LogP contribution in [-0.4, -0.2) is 21.6 Å². The van der Waals surface area contributed by atoms with E-state index in [-0.39, 0.29) is 5.75 Å². The molecule has 0 spiro atoms. The molecule has 5 heteroatoms. The average molecular weight is 263 g/mol. The van der Waals surface area contributed by atoms with E-state index in [0.29, 0.717) is 12.2 Å². The van der Waals surface area contributed by atoms with Crippen molar-refractivity contribution in [1.29, 1.82) is 0 Å². The Kier molecular flexibility index (Phi) is 4.28. The van der Waals surface area contributed by atoms with E-state index < -0.39 is 0 Å². The maximum atomic E-state index is 9.64. The van der Waals surface area contributed by atoms with Gasteiger partial charge in [-0.2, -0.15) is 0 Å². The summed E-state index contributed by atoms with van der Waals surface area (Å²) in [5.74, 6) is 0.248. The van der Waals surface area contributed by atoms with Gasteiger partial charge in [-0.25, -0.2) is 4.98 Å². The summed E-state index contributed by atoms with van der Waals surface area (Å²) in [5, 5.41) is 16.1. The van der Waals surface area contributed by atoms with E-state index in [1.165, 1.54) is 0 Å². The van der Waals surface area contributed by atoms with Crippen molar-refractivity contribution in [3.8, 4) is 5.75 Å². The largest absolute Gasteiger partial charge is 0.506 e. The van der Waals surface area contributed by atoms with Crippen LogP contribution in [0, 0.1) is 13.8 Å². The highest BCUT2D eigenvalue weighted by Gasteiger charge is 2.03. The number of aromatic hydroxyl groups is 1. The zero-order chi connectivity index (χ0) is 13.0. The molecule has 0 saturated heterocycles. The van der Waals surface area contributed by atoms with Crippen molar-refractivity contribution in [3.05, 3.63) is 39.6 Å². The van der Waals surface area contributed by atoms with Gasteiger partial charge in [0.05, 0.1) is 16.4 Å². The lowest BCUT2D eigenvalue weighted by Crippen LogP contribution is -2.17. The monoisotopic (exact) mass is 263 g/mol. The number of hydrogen-bond acceptors (Lipinski definition) is 5. The molecule has 2 aromatic heterocycles. The highest BCUT2D eigenvalue weighted by molar-refractivity contribution is 7.09. The minimum absolute atomic E-state index is 0.248. The fourth-order valence-corrected chi connectivity index (χ4v) is 2.33. The summed E-state index contributed by atoms with van der Waals surface area (Å²) >= 11 is 1.67. The molecule has 0 aliphatic carbocycles. The van der Waals surface area contributed by atoms with E-state index >= 15 is 0 Å². The van der Waals surface area contributed by atoms with Crippen LogP contribution in [-0.2, 0) is 13.0 Å². The Balaban J connectivity index is 1.80. The van der Waals surface area contributed by atoms with Gasteiger partial charge in [0.1, 0.15) is 5.75 Å². The van der Waals surface area contributed by atoms with E-state index in [0.717, 1.165) is 29.4 Å². The number of aryl methyl sites for hydroxylation is 2. The van der Waals surface area contributed by atoms with E-state index in [4.69, 9.17) is 0 Å². The summed E-state index contributed by atoms with van der Waals surface area (Å²) in [6.07, 6.45) is 0.900. The van der Waals surface area contributed by atoms with Crippen LogP contribution in [0.2, 0.25) is 0 Å². The molecule has 0 aromatic carbocycles. The van der Waals surface area contributed by atoms with Gasteiger partial charge in [0.2, 0.25) is 0 Å². The molecule has 2 rings (SSSR count). The number of hydrogen-bond donors (Lipinski definition) is 2. The molecule has 0 aliphatic heterocycles. The van der Waals surface area contributed by atoms with E-state index in [1.54, 1.807) is 23.5 Å². The Bertz CT molecular complexity index is 525. The summed E-state index contributed by atoms with van der Waals surface area (Å²) in [4.78, 5) is 8.70. The van der Waals surface area contributed by atoms with Gasteiger partial charge >= 0.3 is 0 Å². The first-order chi connectivity index (χ1) is 8.65. The number of thiazole rings is 1. The van der Waals surface area contributed by atoms with Crippen LogP contribution in [0.15, 0.2) is 17.5 Å². The number of pyridine rings is 1. The minimum atomic E-state index is 0.248. The molecule has 0 fully saturated rings. The first-order valence-corrected chi connectivity index (χ1v) is 6.80. The third-order valence-corrected chi connectivity index (χ3v) is 3.43. The highest BCUT2D eigenvalue weighted by Crippen LogP contribution is 2.14. The number of aromatic nitrogens is 2. The molecule has 0 radical (unpaired) electrons. The predicted octanol–water partition coefficient (Wildman–Crippen LogP) is 2.19. The molecule has 4 nitrogen and oxygen atoms in total. The molecular formula is C13H17N3OS. The molecule has 0 saturated carbocycles. The normalized spacial score (nSPS) is 10.8. The fourth-order valence-electron chi connectivity index (χ4n) is 1.68. The van der Waals surface area contributed by atoms with Gasteiger partial charge in [-0.05, 0) is 26.0 Å².